The van der Waals surface area contributed by atoms with Crippen LogP contribution in [0, 0.1) is 0 Å². The van der Waals surface area contributed by atoms with Gasteiger partial charge in [0.15, 0.2) is 0 Å². The molecular weight excluding hydrogens is 288 g/mol. The molecule has 0 N–H and O–H groups in total. The van der Waals surface area contributed by atoms with Crippen LogP contribution >= 0.6 is 0 Å². The van der Waals surface area contributed by atoms with Gasteiger partial charge in [-0.1, -0.05) is 30.3 Å². The molecule has 3 rings (SSSR count). The zero-order chi connectivity index (χ0) is 16.1. The van der Waals surface area contributed by atoms with Crippen LogP contribution in [-0.4, -0.2) is 40.9 Å². The molecule has 1 saturated heterocycles. The minimum absolute atomic E-state index is 0.00513. The van der Waals surface area contributed by atoms with Crippen LogP contribution in [-0.2, 0) is 6.54 Å². The smallest absolute Gasteiger partial charge is 0.274 e. The predicted octanol–water partition coefficient (Wildman–Crippen LogP) is 2.74. The number of amides is 1. The largest absolute Gasteiger partial charge is 0.354 e. The van der Waals surface area contributed by atoms with Crippen molar-refractivity contribution in [2.75, 3.05) is 25.0 Å². The van der Waals surface area contributed by atoms with Gasteiger partial charge in [0.25, 0.3) is 5.91 Å². The maximum absolute atomic E-state index is 12.4. The van der Waals surface area contributed by atoms with Gasteiger partial charge in [-0.3, -0.25) is 4.79 Å². The molecule has 1 fully saturated rings. The summed E-state index contributed by atoms with van der Waals surface area (Å²) in [6, 6.07) is 10.2. The lowest BCUT2D eigenvalue weighted by atomic mass is 10.1. The van der Waals surface area contributed by atoms with Gasteiger partial charge in [-0.15, -0.1) is 0 Å². The fourth-order valence-electron chi connectivity index (χ4n) is 2.83. The van der Waals surface area contributed by atoms with E-state index < -0.39 is 0 Å². The summed E-state index contributed by atoms with van der Waals surface area (Å²) in [5.41, 5.74) is 1.65. The quantitative estimate of drug-likeness (QED) is 0.871. The molecule has 0 radical (unpaired) electrons. The van der Waals surface area contributed by atoms with E-state index in [2.05, 4.69) is 22.1 Å². The number of hydrogen-bond donors (Lipinski definition) is 0. The molecule has 0 aliphatic carbocycles. The maximum Gasteiger partial charge on any atom is 0.274 e. The zero-order valence-electron chi connectivity index (χ0n) is 13.5. The first-order chi connectivity index (χ1) is 11.2. The third kappa shape index (κ3) is 3.86. The van der Waals surface area contributed by atoms with E-state index in [1.54, 1.807) is 12.4 Å². The van der Waals surface area contributed by atoms with Crippen LogP contribution in [0.15, 0.2) is 42.7 Å². The van der Waals surface area contributed by atoms with Crippen molar-refractivity contribution in [3.8, 4) is 0 Å². The summed E-state index contributed by atoms with van der Waals surface area (Å²) in [6.07, 6.45) is 6.64. The van der Waals surface area contributed by atoms with Crippen molar-refractivity contribution in [2.24, 2.45) is 0 Å². The second-order valence-corrected chi connectivity index (χ2v) is 5.95. The molecule has 5 heteroatoms. The van der Waals surface area contributed by atoms with Crippen LogP contribution in [0.2, 0.25) is 0 Å². The summed E-state index contributed by atoms with van der Waals surface area (Å²) in [5.74, 6) is 0.763. The van der Waals surface area contributed by atoms with Gasteiger partial charge in [-0.2, -0.15) is 0 Å². The van der Waals surface area contributed by atoms with Crippen LogP contribution in [0.5, 0.6) is 0 Å². The molecule has 1 aliphatic rings. The van der Waals surface area contributed by atoms with Crippen LogP contribution < -0.4 is 4.90 Å². The van der Waals surface area contributed by atoms with Gasteiger partial charge in [-0.25, -0.2) is 9.97 Å². The lowest BCUT2D eigenvalue weighted by Crippen LogP contribution is -2.36. The Labute approximate surface area is 137 Å². The molecule has 0 atom stereocenters. The Morgan fingerprint density at radius 1 is 1.09 bits per heavy atom. The molecule has 5 nitrogen and oxygen atoms in total. The topological polar surface area (TPSA) is 49.3 Å². The minimum atomic E-state index is -0.00513. The SMILES string of the molecule is CN(Cc1ccccc1)c1cnc(C(=O)N2CCCCC2)cn1. The molecule has 23 heavy (non-hydrogen) atoms. The fraction of sp³-hybridized carbons (Fsp3) is 0.389. The Kier molecular flexibility index (Phi) is 4.86. The van der Waals surface area contributed by atoms with Crippen molar-refractivity contribution in [2.45, 2.75) is 25.8 Å². The number of likely N-dealkylation sites (tertiary alicyclic amines) is 1. The molecule has 2 heterocycles. The Morgan fingerprint density at radius 2 is 1.83 bits per heavy atom. The highest BCUT2D eigenvalue weighted by Gasteiger charge is 2.19. The highest BCUT2D eigenvalue weighted by molar-refractivity contribution is 5.92. The van der Waals surface area contributed by atoms with Crippen molar-refractivity contribution in [3.05, 3.63) is 54.0 Å². The molecule has 0 bridgehead atoms. The van der Waals surface area contributed by atoms with Gasteiger partial charge >= 0.3 is 0 Å². The first-order valence-corrected chi connectivity index (χ1v) is 8.10. The van der Waals surface area contributed by atoms with E-state index in [9.17, 15) is 4.79 Å². The van der Waals surface area contributed by atoms with Crippen molar-refractivity contribution >= 4 is 11.7 Å². The normalized spacial score (nSPS) is 14.6. The zero-order valence-corrected chi connectivity index (χ0v) is 13.5. The molecular formula is C18H22N4O. The van der Waals surface area contributed by atoms with E-state index in [1.807, 2.05) is 35.0 Å². The van der Waals surface area contributed by atoms with E-state index in [0.717, 1.165) is 38.3 Å². The summed E-state index contributed by atoms with van der Waals surface area (Å²) in [5, 5.41) is 0. The van der Waals surface area contributed by atoms with Crippen molar-refractivity contribution in [1.29, 1.82) is 0 Å². The molecule has 120 valence electrons. The molecule has 2 aromatic rings. The van der Waals surface area contributed by atoms with E-state index in [4.69, 9.17) is 0 Å². The number of piperidine rings is 1. The van der Waals surface area contributed by atoms with E-state index in [0.29, 0.717) is 5.69 Å². The molecule has 0 saturated carbocycles. The number of aromatic nitrogens is 2. The van der Waals surface area contributed by atoms with Gasteiger partial charge in [0.1, 0.15) is 11.5 Å². The summed E-state index contributed by atoms with van der Waals surface area (Å²) < 4.78 is 0. The van der Waals surface area contributed by atoms with Crippen LogP contribution in [0.1, 0.15) is 35.3 Å². The monoisotopic (exact) mass is 310 g/mol. The number of nitrogens with zero attached hydrogens (tertiary/aromatic N) is 4. The molecule has 0 unspecified atom stereocenters. The third-order valence-electron chi connectivity index (χ3n) is 4.15. The summed E-state index contributed by atoms with van der Waals surface area (Å²) in [4.78, 5) is 25.0. The second kappa shape index (κ2) is 7.22. The first-order valence-electron chi connectivity index (χ1n) is 8.10. The Morgan fingerprint density at radius 3 is 2.48 bits per heavy atom. The second-order valence-electron chi connectivity index (χ2n) is 5.95. The fourth-order valence-corrected chi connectivity index (χ4v) is 2.83. The third-order valence-corrected chi connectivity index (χ3v) is 4.15. The number of benzene rings is 1. The van der Waals surface area contributed by atoms with Crippen LogP contribution in [0.25, 0.3) is 0 Å². The van der Waals surface area contributed by atoms with E-state index in [-0.39, 0.29) is 5.91 Å². The van der Waals surface area contributed by atoms with Gasteiger partial charge in [0.2, 0.25) is 0 Å². The van der Waals surface area contributed by atoms with Gasteiger partial charge in [-0.05, 0) is 24.8 Å². The Bertz CT molecular complexity index is 636. The average molecular weight is 310 g/mol. The van der Waals surface area contributed by atoms with Crippen LogP contribution in [0.4, 0.5) is 5.82 Å². The van der Waals surface area contributed by atoms with Crippen molar-refractivity contribution < 1.29 is 4.79 Å². The Hall–Kier alpha value is -2.43. The maximum atomic E-state index is 12.4. The van der Waals surface area contributed by atoms with Crippen molar-refractivity contribution in [3.63, 3.8) is 0 Å². The average Bonchev–Trinajstić information content (AvgIpc) is 2.63. The Balaban J connectivity index is 1.65. The van der Waals surface area contributed by atoms with Gasteiger partial charge in [0.05, 0.1) is 12.4 Å². The summed E-state index contributed by atoms with van der Waals surface area (Å²) in [6.45, 7) is 2.42. The summed E-state index contributed by atoms with van der Waals surface area (Å²) >= 11 is 0. The van der Waals surface area contributed by atoms with Crippen LogP contribution in [0.3, 0.4) is 0 Å². The standard InChI is InChI=1S/C18H22N4O/c1-21(14-15-8-4-2-5-9-15)17-13-19-16(12-20-17)18(23)22-10-6-3-7-11-22/h2,4-5,8-9,12-13H,3,6-7,10-11,14H2,1H3. The van der Waals surface area contributed by atoms with Gasteiger partial charge < -0.3 is 9.80 Å². The predicted molar refractivity (Wildman–Crippen MR) is 90.3 cm³/mol. The minimum Gasteiger partial charge on any atom is -0.354 e. The van der Waals surface area contributed by atoms with E-state index in [1.165, 1.54) is 12.0 Å². The number of rotatable bonds is 4. The summed E-state index contributed by atoms with van der Waals surface area (Å²) in [7, 11) is 1.98. The molecule has 1 aromatic carbocycles. The molecule has 0 spiro atoms. The highest BCUT2D eigenvalue weighted by atomic mass is 16.2. The lowest BCUT2D eigenvalue weighted by Gasteiger charge is -2.26. The van der Waals surface area contributed by atoms with Crippen molar-refractivity contribution in [1.82, 2.24) is 14.9 Å². The number of carbonyl (C=O) groups excluding carboxylic acids is 1. The molecule has 1 aliphatic heterocycles. The van der Waals surface area contributed by atoms with E-state index >= 15 is 0 Å². The van der Waals surface area contributed by atoms with Gasteiger partial charge in [0, 0.05) is 26.7 Å². The molecule has 1 aromatic heterocycles. The molecule has 1 amide bonds. The highest BCUT2D eigenvalue weighted by Crippen LogP contribution is 2.14. The number of carbonyl (C=O) groups is 1. The lowest BCUT2D eigenvalue weighted by molar-refractivity contribution is 0.0718. The first kappa shape index (κ1) is 15.5. The number of hydrogen-bond acceptors (Lipinski definition) is 4. The number of anilines is 1.